The summed E-state index contributed by atoms with van der Waals surface area (Å²) in [6.45, 7) is 7.63. The predicted octanol–water partition coefficient (Wildman–Crippen LogP) is 4.21. The maximum Gasteiger partial charge on any atom is 0.149 e. The summed E-state index contributed by atoms with van der Waals surface area (Å²) in [6.07, 6.45) is 3.88. The van der Waals surface area contributed by atoms with Crippen molar-refractivity contribution in [3.63, 3.8) is 0 Å². The summed E-state index contributed by atoms with van der Waals surface area (Å²) in [6, 6.07) is 3.86. The number of hydrogen-bond acceptors (Lipinski definition) is 2. The summed E-state index contributed by atoms with van der Waals surface area (Å²) in [7, 11) is 0. The summed E-state index contributed by atoms with van der Waals surface area (Å²) < 4.78 is 30.0. The normalized spacial score (nSPS) is 11.1. The lowest BCUT2D eigenvalue weighted by Crippen LogP contribution is -2.03. The molecule has 0 atom stereocenters. The van der Waals surface area contributed by atoms with E-state index >= 15 is 0 Å². The van der Waals surface area contributed by atoms with Crippen LogP contribution in [0.1, 0.15) is 24.1 Å². The Morgan fingerprint density at radius 2 is 1.95 bits per heavy atom. The minimum absolute atomic E-state index is 0.0126. The maximum absolute atomic E-state index is 14.3. The summed E-state index contributed by atoms with van der Waals surface area (Å²) in [4.78, 5) is 8.46. The fourth-order valence-corrected chi connectivity index (χ4v) is 2.74. The summed E-state index contributed by atoms with van der Waals surface area (Å²) in [5, 5.41) is 0.147. The number of aromatic nitrogens is 3. The molecule has 0 saturated carbocycles. The average Bonchev–Trinajstić information content (AvgIpc) is 2.86. The molecule has 1 aromatic carbocycles. The van der Waals surface area contributed by atoms with Gasteiger partial charge in [0.2, 0.25) is 0 Å². The number of benzene rings is 1. The summed E-state index contributed by atoms with van der Waals surface area (Å²) in [5.74, 6) is -0.365. The Morgan fingerprint density at radius 1 is 1.23 bits per heavy atom. The molecule has 5 heteroatoms. The molecule has 3 aromatic rings. The van der Waals surface area contributed by atoms with E-state index in [2.05, 4.69) is 16.5 Å². The van der Waals surface area contributed by atoms with Gasteiger partial charge in [-0.2, -0.15) is 0 Å². The van der Waals surface area contributed by atoms with E-state index in [1.165, 1.54) is 6.20 Å². The van der Waals surface area contributed by atoms with Gasteiger partial charge in [-0.15, -0.1) is 0 Å². The SMILES string of the molecule is C=Cc1c(CC)nc(C)n1-c1ccnc2c(F)ccc(F)c12. The number of fused-ring (bicyclic) bond motifs is 1. The highest BCUT2D eigenvalue weighted by molar-refractivity contribution is 5.88. The van der Waals surface area contributed by atoms with Crippen LogP contribution in [0.2, 0.25) is 0 Å². The highest BCUT2D eigenvalue weighted by atomic mass is 19.1. The number of rotatable bonds is 3. The van der Waals surface area contributed by atoms with E-state index in [1.807, 2.05) is 13.8 Å². The van der Waals surface area contributed by atoms with Gasteiger partial charge in [0.1, 0.15) is 23.0 Å². The summed E-state index contributed by atoms with van der Waals surface area (Å²) >= 11 is 0. The van der Waals surface area contributed by atoms with Crippen molar-refractivity contribution in [1.29, 1.82) is 0 Å². The molecule has 22 heavy (non-hydrogen) atoms. The Bertz CT molecular complexity index is 881. The summed E-state index contributed by atoms with van der Waals surface area (Å²) in [5.41, 5.74) is 2.19. The van der Waals surface area contributed by atoms with Gasteiger partial charge in [0, 0.05) is 6.20 Å². The van der Waals surface area contributed by atoms with Gasteiger partial charge >= 0.3 is 0 Å². The van der Waals surface area contributed by atoms with E-state index in [4.69, 9.17) is 0 Å². The molecule has 0 aliphatic carbocycles. The second-order valence-electron chi connectivity index (χ2n) is 4.97. The van der Waals surface area contributed by atoms with Gasteiger partial charge in [-0.1, -0.05) is 13.5 Å². The van der Waals surface area contributed by atoms with Gasteiger partial charge < -0.3 is 0 Å². The van der Waals surface area contributed by atoms with Crippen molar-refractivity contribution in [2.24, 2.45) is 0 Å². The van der Waals surface area contributed by atoms with Gasteiger partial charge in [0.25, 0.3) is 0 Å². The molecule has 0 aliphatic rings. The first kappa shape index (κ1) is 14.4. The highest BCUT2D eigenvalue weighted by Gasteiger charge is 2.18. The molecule has 0 fully saturated rings. The predicted molar refractivity (Wildman–Crippen MR) is 83.0 cm³/mol. The number of nitrogens with zero attached hydrogens (tertiary/aromatic N) is 3. The zero-order chi connectivity index (χ0) is 15.9. The van der Waals surface area contributed by atoms with Crippen molar-refractivity contribution in [2.75, 3.05) is 0 Å². The Hall–Kier alpha value is -2.56. The van der Waals surface area contributed by atoms with Crippen molar-refractivity contribution < 1.29 is 8.78 Å². The molecule has 0 spiro atoms. The fourth-order valence-electron chi connectivity index (χ4n) is 2.74. The lowest BCUT2D eigenvalue weighted by Gasteiger charge is -2.12. The Labute approximate surface area is 126 Å². The van der Waals surface area contributed by atoms with Gasteiger partial charge in [-0.25, -0.2) is 13.8 Å². The first-order chi connectivity index (χ1) is 10.6. The Balaban J connectivity index is 2.44. The van der Waals surface area contributed by atoms with E-state index in [0.717, 1.165) is 29.9 Å². The number of pyridine rings is 1. The van der Waals surface area contributed by atoms with Gasteiger partial charge in [0.15, 0.2) is 0 Å². The molecule has 0 bridgehead atoms. The van der Waals surface area contributed by atoms with Crippen LogP contribution in [-0.4, -0.2) is 14.5 Å². The molecule has 3 nitrogen and oxygen atoms in total. The first-order valence-electron chi connectivity index (χ1n) is 7.02. The van der Waals surface area contributed by atoms with Crippen molar-refractivity contribution >= 4 is 17.0 Å². The van der Waals surface area contributed by atoms with E-state index < -0.39 is 11.6 Å². The van der Waals surface area contributed by atoms with E-state index in [1.54, 1.807) is 16.7 Å². The standard InChI is InChI=1S/C17H15F2N3/c1-4-13-14(5-2)22(10(3)21-13)15-8-9-20-17-12(19)7-6-11(18)16(15)17/h5-9H,2,4H2,1,3H3. The maximum atomic E-state index is 14.3. The van der Waals surface area contributed by atoms with Crippen LogP contribution in [0.5, 0.6) is 0 Å². The molecule has 2 aromatic heterocycles. The monoisotopic (exact) mass is 299 g/mol. The molecule has 0 N–H and O–H groups in total. The van der Waals surface area contributed by atoms with E-state index in [0.29, 0.717) is 11.5 Å². The van der Waals surface area contributed by atoms with Crippen molar-refractivity contribution in [3.8, 4) is 5.69 Å². The molecule has 2 heterocycles. The van der Waals surface area contributed by atoms with Crippen LogP contribution in [0.25, 0.3) is 22.7 Å². The lowest BCUT2D eigenvalue weighted by atomic mass is 10.1. The molecular weight excluding hydrogens is 284 g/mol. The molecule has 112 valence electrons. The average molecular weight is 299 g/mol. The highest BCUT2D eigenvalue weighted by Crippen LogP contribution is 2.29. The van der Waals surface area contributed by atoms with Crippen LogP contribution < -0.4 is 0 Å². The van der Waals surface area contributed by atoms with Crippen LogP contribution in [-0.2, 0) is 6.42 Å². The van der Waals surface area contributed by atoms with Gasteiger partial charge in [-0.3, -0.25) is 9.55 Å². The van der Waals surface area contributed by atoms with Gasteiger partial charge in [0.05, 0.1) is 22.5 Å². The largest absolute Gasteiger partial charge is 0.296 e. The fraction of sp³-hybridized carbons (Fsp3) is 0.176. The number of imidazole rings is 1. The van der Waals surface area contributed by atoms with E-state index in [-0.39, 0.29) is 10.9 Å². The van der Waals surface area contributed by atoms with Crippen LogP contribution in [0.15, 0.2) is 31.0 Å². The molecule has 0 radical (unpaired) electrons. The minimum Gasteiger partial charge on any atom is -0.296 e. The van der Waals surface area contributed by atoms with Crippen LogP contribution in [0.3, 0.4) is 0 Å². The second kappa shape index (κ2) is 5.33. The zero-order valence-corrected chi connectivity index (χ0v) is 12.4. The first-order valence-corrected chi connectivity index (χ1v) is 7.02. The topological polar surface area (TPSA) is 30.7 Å². The van der Waals surface area contributed by atoms with E-state index in [9.17, 15) is 8.78 Å². The smallest absolute Gasteiger partial charge is 0.149 e. The quantitative estimate of drug-likeness (QED) is 0.725. The molecule has 0 unspecified atom stereocenters. The molecule has 0 aliphatic heterocycles. The molecule has 3 rings (SSSR count). The number of halogens is 2. The molecule has 0 amide bonds. The third-order valence-corrected chi connectivity index (χ3v) is 3.70. The van der Waals surface area contributed by atoms with Crippen LogP contribution in [0.4, 0.5) is 8.78 Å². The van der Waals surface area contributed by atoms with Gasteiger partial charge in [-0.05, 0) is 37.6 Å². The lowest BCUT2D eigenvalue weighted by molar-refractivity contribution is 0.614. The van der Waals surface area contributed by atoms with Crippen LogP contribution in [0, 0.1) is 18.6 Å². The third-order valence-electron chi connectivity index (χ3n) is 3.70. The second-order valence-corrected chi connectivity index (χ2v) is 4.97. The molecular formula is C17H15F2N3. The number of aryl methyl sites for hydroxylation is 2. The Morgan fingerprint density at radius 3 is 2.64 bits per heavy atom. The van der Waals surface area contributed by atoms with Crippen LogP contribution >= 0.6 is 0 Å². The van der Waals surface area contributed by atoms with Crippen molar-refractivity contribution in [3.05, 3.63) is 59.8 Å². The minimum atomic E-state index is -0.549. The molecule has 0 saturated heterocycles. The zero-order valence-electron chi connectivity index (χ0n) is 12.4. The van der Waals surface area contributed by atoms with Crippen molar-refractivity contribution in [1.82, 2.24) is 14.5 Å². The Kier molecular flexibility index (Phi) is 3.48. The third kappa shape index (κ3) is 2.01. The number of hydrogen-bond donors (Lipinski definition) is 0. The van der Waals surface area contributed by atoms with Crippen molar-refractivity contribution in [2.45, 2.75) is 20.3 Å².